The fourth-order valence-corrected chi connectivity index (χ4v) is 2.14. The maximum absolute atomic E-state index is 9.56. The molecular formula is C12H20N4O3. The quantitative estimate of drug-likeness (QED) is 0.534. The van der Waals surface area contributed by atoms with Gasteiger partial charge in [-0.1, -0.05) is 0 Å². The molecule has 0 saturated carbocycles. The van der Waals surface area contributed by atoms with Crippen LogP contribution in [-0.4, -0.2) is 65.8 Å². The molecule has 1 fully saturated rings. The van der Waals surface area contributed by atoms with Crippen LogP contribution in [0.2, 0.25) is 0 Å². The van der Waals surface area contributed by atoms with E-state index in [1.54, 1.807) is 24.1 Å². The average Bonchev–Trinajstić information content (AvgIpc) is 2.70. The number of aliphatic hydroxyl groups is 3. The maximum Gasteiger partial charge on any atom is 0.154 e. The third-order valence-electron chi connectivity index (χ3n) is 3.27. The lowest BCUT2D eigenvalue weighted by atomic mass is 10.3. The lowest BCUT2D eigenvalue weighted by Gasteiger charge is -2.22. The summed E-state index contributed by atoms with van der Waals surface area (Å²) in [7, 11) is 1.80. The molecule has 19 heavy (non-hydrogen) atoms. The molecule has 2 unspecified atom stereocenters. The minimum absolute atomic E-state index is 0.0169. The summed E-state index contributed by atoms with van der Waals surface area (Å²) >= 11 is 0. The van der Waals surface area contributed by atoms with E-state index < -0.39 is 12.2 Å². The van der Waals surface area contributed by atoms with Crippen molar-refractivity contribution >= 4 is 17.3 Å². The number of anilines is 3. The van der Waals surface area contributed by atoms with Gasteiger partial charge in [0.1, 0.15) is 5.82 Å². The summed E-state index contributed by atoms with van der Waals surface area (Å²) in [6.07, 6.45) is -1.50. The SMILES string of the molecule is CN(CCO)c1nc(N2CC(O)C(O)C2)ccc1N. The van der Waals surface area contributed by atoms with Crippen LogP contribution < -0.4 is 15.5 Å². The van der Waals surface area contributed by atoms with Crippen molar-refractivity contribution in [2.24, 2.45) is 0 Å². The van der Waals surface area contributed by atoms with Crippen LogP contribution in [0.3, 0.4) is 0 Å². The number of nitrogens with two attached hydrogens (primary N) is 1. The highest BCUT2D eigenvalue weighted by molar-refractivity contribution is 5.66. The third-order valence-corrected chi connectivity index (χ3v) is 3.27. The predicted octanol–water partition coefficient (Wildman–Crippen LogP) is -1.37. The summed E-state index contributed by atoms with van der Waals surface area (Å²) in [5, 5.41) is 28.1. The Bertz CT molecular complexity index is 433. The largest absolute Gasteiger partial charge is 0.396 e. The number of nitrogen functional groups attached to an aromatic ring is 1. The van der Waals surface area contributed by atoms with E-state index in [0.717, 1.165) is 0 Å². The molecule has 0 radical (unpaired) electrons. The fraction of sp³-hybridized carbons (Fsp3) is 0.583. The minimum Gasteiger partial charge on any atom is -0.396 e. The van der Waals surface area contributed by atoms with Crippen molar-refractivity contribution < 1.29 is 15.3 Å². The van der Waals surface area contributed by atoms with E-state index in [9.17, 15) is 10.2 Å². The normalized spacial score (nSPS) is 22.8. The first-order valence-electron chi connectivity index (χ1n) is 6.22. The predicted molar refractivity (Wildman–Crippen MR) is 73.2 cm³/mol. The van der Waals surface area contributed by atoms with Crippen LogP contribution in [0, 0.1) is 0 Å². The second kappa shape index (κ2) is 5.60. The summed E-state index contributed by atoms with van der Waals surface area (Å²) in [5.41, 5.74) is 6.40. The number of hydrogen-bond donors (Lipinski definition) is 4. The van der Waals surface area contributed by atoms with Gasteiger partial charge in [0.15, 0.2) is 5.82 Å². The first-order chi connectivity index (χ1) is 9.02. The first kappa shape index (κ1) is 13.9. The van der Waals surface area contributed by atoms with E-state index >= 15 is 0 Å². The summed E-state index contributed by atoms with van der Waals surface area (Å²) in [5.74, 6) is 1.24. The Morgan fingerprint density at radius 2 is 2.00 bits per heavy atom. The average molecular weight is 268 g/mol. The molecule has 1 saturated heterocycles. The minimum atomic E-state index is -0.752. The number of likely N-dealkylation sites (N-methyl/N-ethyl adjacent to an activating group) is 1. The van der Waals surface area contributed by atoms with Crippen molar-refractivity contribution in [3.05, 3.63) is 12.1 Å². The van der Waals surface area contributed by atoms with E-state index in [4.69, 9.17) is 10.8 Å². The van der Waals surface area contributed by atoms with Crippen LogP contribution in [0.15, 0.2) is 12.1 Å². The third kappa shape index (κ3) is 2.89. The summed E-state index contributed by atoms with van der Waals surface area (Å²) in [6, 6.07) is 3.50. The molecule has 7 nitrogen and oxygen atoms in total. The molecule has 5 N–H and O–H groups in total. The van der Waals surface area contributed by atoms with Gasteiger partial charge in [-0.15, -0.1) is 0 Å². The van der Waals surface area contributed by atoms with Crippen LogP contribution in [0.25, 0.3) is 0 Å². The lowest BCUT2D eigenvalue weighted by Crippen LogP contribution is -2.26. The summed E-state index contributed by atoms with van der Waals surface area (Å²) in [4.78, 5) is 8.01. The second-order valence-electron chi connectivity index (χ2n) is 4.77. The molecule has 1 aliphatic rings. The van der Waals surface area contributed by atoms with Gasteiger partial charge in [-0.2, -0.15) is 0 Å². The molecule has 106 valence electrons. The molecule has 0 bridgehead atoms. The molecular weight excluding hydrogens is 248 g/mol. The second-order valence-corrected chi connectivity index (χ2v) is 4.77. The highest BCUT2D eigenvalue weighted by Gasteiger charge is 2.30. The van der Waals surface area contributed by atoms with Crippen molar-refractivity contribution in [3.8, 4) is 0 Å². The molecule has 0 spiro atoms. The van der Waals surface area contributed by atoms with E-state index in [2.05, 4.69) is 4.98 Å². The Balaban J connectivity index is 2.21. The fourth-order valence-electron chi connectivity index (χ4n) is 2.14. The zero-order chi connectivity index (χ0) is 14.0. The number of aromatic nitrogens is 1. The summed E-state index contributed by atoms with van der Waals surface area (Å²) in [6.45, 7) is 1.15. The molecule has 2 heterocycles. The van der Waals surface area contributed by atoms with Gasteiger partial charge in [-0.05, 0) is 12.1 Å². The van der Waals surface area contributed by atoms with Gasteiger partial charge < -0.3 is 30.9 Å². The molecule has 2 rings (SSSR count). The van der Waals surface area contributed by atoms with Gasteiger partial charge in [0.25, 0.3) is 0 Å². The summed E-state index contributed by atoms with van der Waals surface area (Å²) < 4.78 is 0. The van der Waals surface area contributed by atoms with Crippen LogP contribution in [-0.2, 0) is 0 Å². The molecule has 7 heteroatoms. The number of hydrogen-bond acceptors (Lipinski definition) is 7. The molecule has 2 atom stereocenters. The zero-order valence-corrected chi connectivity index (χ0v) is 10.9. The van der Waals surface area contributed by atoms with Gasteiger partial charge in [-0.3, -0.25) is 0 Å². The standard InChI is InChI=1S/C12H20N4O3/c1-15(4-5-17)12-8(13)2-3-11(14-12)16-6-9(18)10(19)7-16/h2-3,9-10,17-19H,4-7,13H2,1H3. The molecule has 1 aromatic rings. The Kier molecular flexibility index (Phi) is 4.08. The highest BCUT2D eigenvalue weighted by Crippen LogP contribution is 2.26. The topological polar surface area (TPSA) is 106 Å². The van der Waals surface area contributed by atoms with Crippen molar-refractivity contribution in [1.82, 2.24) is 4.98 Å². The van der Waals surface area contributed by atoms with E-state index in [-0.39, 0.29) is 6.61 Å². The number of pyridine rings is 1. The van der Waals surface area contributed by atoms with Crippen molar-refractivity contribution in [2.45, 2.75) is 12.2 Å². The van der Waals surface area contributed by atoms with Crippen LogP contribution >= 0.6 is 0 Å². The molecule has 0 amide bonds. The Labute approximate surface area is 111 Å². The molecule has 1 aromatic heterocycles. The Morgan fingerprint density at radius 3 is 2.58 bits per heavy atom. The Hall–Kier alpha value is -1.57. The maximum atomic E-state index is 9.56. The monoisotopic (exact) mass is 268 g/mol. The van der Waals surface area contributed by atoms with Crippen LogP contribution in [0.4, 0.5) is 17.3 Å². The van der Waals surface area contributed by atoms with Gasteiger partial charge in [0, 0.05) is 26.7 Å². The Morgan fingerprint density at radius 1 is 1.37 bits per heavy atom. The van der Waals surface area contributed by atoms with E-state index in [0.29, 0.717) is 37.0 Å². The number of rotatable bonds is 4. The lowest BCUT2D eigenvalue weighted by molar-refractivity contribution is 0.0572. The number of β-amino-alcohol motifs (C(OH)–C–C–N with tert-alkyl or cyclic N) is 2. The highest BCUT2D eigenvalue weighted by atomic mass is 16.3. The first-order valence-corrected chi connectivity index (χ1v) is 6.22. The van der Waals surface area contributed by atoms with Crippen molar-refractivity contribution in [3.63, 3.8) is 0 Å². The van der Waals surface area contributed by atoms with Gasteiger partial charge in [-0.25, -0.2) is 4.98 Å². The number of aliphatic hydroxyl groups excluding tert-OH is 3. The van der Waals surface area contributed by atoms with Crippen molar-refractivity contribution in [2.75, 3.05) is 48.8 Å². The van der Waals surface area contributed by atoms with E-state index in [1.807, 2.05) is 4.90 Å². The van der Waals surface area contributed by atoms with Crippen LogP contribution in [0.1, 0.15) is 0 Å². The molecule has 0 aliphatic carbocycles. The smallest absolute Gasteiger partial charge is 0.154 e. The van der Waals surface area contributed by atoms with Gasteiger partial charge in [0.2, 0.25) is 0 Å². The van der Waals surface area contributed by atoms with Crippen molar-refractivity contribution in [1.29, 1.82) is 0 Å². The van der Waals surface area contributed by atoms with Gasteiger partial charge in [0.05, 0.1) is 24.5 Å². The zero-order valence-electron chi connectivity index (χ0n) is 10.9. The van der Waals surface area contributed by atoms with Crippen LogP contribution in [0.5, 0.6) is 0 Å². The molecule has 0 aromatic carbocycles. The van der Waals surface area contributed by atoms with E-state index in [1.165, 1.54) is 0 Å². The number of nitrogens with zero attached hydrogens (tertiary/aromatic N) is 3. The molecule has 1 aliphatic heterocycles. The van der Waals surface area contributed by atoms with Gasteiger partial charge >= 0.3 is 0 Å².